The summed E-state index contributed by atoms with van der Waals surface area (Å²) in [4.78, 5) is 13.5. The van der Waals surface area contributed by atoms with Crippen molar-refractivity contribution in [1.82, 2.24) is 9.78 Å². The minimum Gasteiger partial charge on any atom is -0.390 e. The van der Waals surface area contributed by atoms with Crippen LogP contribution in [0.3, 0.4) is 0 Å². The van der Waals surface area contributed by atoms with Crippen LogP contribution in [0.25, 0.3) is 0 Å². The number of fused-ring (bicyclic) bond motifs is 5. The molecule has 1 aromatic heterocycles. The predicted molar refractivity (Wildman–Crippen MR) is 122 cm³/mol. The van der Waals surface area contributed by atoms with E-state index in [-0.39, 0.29) is 11.3 Å². The Morgan fingerprint density at radius 1 is 1.22 bits per heavy atom. The smallest absolute Gasteiger partial charge is 0.162 e. The van der Waals surface area contributed by atoms with Crippen molar-refractivity contribution in [3.63, 3.8) is 0 Å². The van der Waals surface area contributed by atoms with E-state index in [4.69, 9.17) is 5.26 Å². The Hall–Kier alpha value is -1.67. The van der Waals surface area contributed by atoms with Crippen LogP contribution in [0.15, 0.2) is 12.3 Å². The van der Waals surface area contributed by atoms with Gasteiger partial charge >= 0.3 is 0 Å². The van der Waals surface area contributed by atoms with Crippen LogP contribution in [0.5, 0.6) is 0 Å². The molecule has 9 atom stereocenters. The monoisotopic (exact) mass is 437 g/mol. The van der Waals surface area contributed by atoms with Crippen LogP contribution in [0.1, 0.15) is 84.3 Å². The van der Waals surface area contributed by atoms with Crippen molar-refractivity contribution in [1.29, 1.82) is 5.26 Å². The number of rotatable bonds is 4. The summed E-state index contributed by atoms with van der Waals surface area (Å²) in [7, 11) is 0. The van der Waals surface area contributed by atoms with Crippen molar-refractivity contribution in [2.75, 3.05) is 0 Å². The van der Waals surface area contributed by atoms with Crippen molar-refractivity contribution in [2.45, 2.75) is 90.7 Å². The third-order valence-electron chi connectivity index (χ3n) is 10.4. The summed E-state index contributed by atoms with van der Waals surface area (Å²) in [5.41, 5.74) is 0.00625. The van der Waals surface area contributed by atoms with Crippen molar-refractivity contribution in [2.24, 2.45) is 46.8 Å². The maximum atomic E-state index is 13.5. The fraction of sp³-hybridized carbons (Fsp3) is 0.815. The average molecular weight is 438 g/mol. The van der Waals surface area contributed by atoms with E-state index in [2.05, 4.69) is 25.0 Å². The molecular formula is C27H39N3O2. The van der Waals surface area contributed by atoms with Gasteiger partial charge in [0.15, 0.2) is 11.5 Å². The molecule has 5 rings (SSSR count). The maximum Gasteiger partial charge on any atom is 0.162 e. The van der Waals surface area contributed by atoms with Crippen LogP contribution in [-0.2, 0) is 11.3 Å². The molecule has 0 amide bonds. The SMILES string of the molecule is CC[C@@H]1C[C@H](C(=O)Cn2ccc(C#N)n2)[C@@]2(C)CC[C@H]3[C@@H](CC[C@@H]4C[C@](C)(O)CC[C@@H]43)[C@H]12. The Morgan fingerprint density at radius 2 is 2.00 bits per heavy atom. The second kappa shape index (κ2) is 7.97. The summed E-state index contributed by atoms with van der Waals surface area (Å²) in [6.07, 6.45) is 12.0. The summed E-state index contributed by atoms with van der Waals surface area (Å²) >= 11 is 0. The van der Waals surface area contributed by atoms with Crippen LogP contribution < -0.4 is 0 Å². The van der Waals surface area contributed by atoms with Gasteiger partial charge in [-0.05, 0) is 105 Å². The van der Waals surface area contributed by atoms with Crippen LogP contribution in [0.2, 0.25) is 0 Å². The van der Waals surface area contributed by atoms with Gasteiger partial charge in [-0.25, -0.2) is 0 Å². The third-order valence-corrected chi connectivity index (χ3v) is 10.4. The fourth-order valence-corrected chi connectivity index (χ4v) is 9.07. The largest absolute Gasteiger partial charge is 0.390 e. The Balaban J connectivity index is 1.37. The molecule has 5 nitrogen and oxygen atoms in total. The Bertz CT molecular complexity index is 914. The zero-order valence-electron chi connectivity index (χ0n) is 20.0. The first-order valence-corrected chi connectivity index (χ1v) is 12.9. The zero-order valence-corrected chi connectivity index (χ0v) is 20.0. The molecule has 4 fully saturated rings. The lowest BCUT2D eigenvalue weighted by Crippen LogP contribution is -2.52. The standard InChI is InChI=1S/C27H39N3O2/c1-4-17-13-23(24(31)16-30-12-9-19(15-28)29-30)27(3)11-8-21-20-7-10-26(2,32)14-18(20)5-6-22(21)25(17)27/h9,12,17-18,20-23,25,32H,4-8,10-11,13-14,16H2,1-3H3/t17-,18-,20+,21-,22-,23-,25+,26-,27-/m1/s1. The van der Waals surface area contributed by atoms with Gasteiger partial charge in [0.05, 0.1) is 12.1 Å². The molecule has 0 aliphatic heterocycles. The highest BCUT2D eigenvalue weighted by molar-refractivity contribution is 5.82. The maximum absolute atomic E-state index is 13.5. The second-order valence-corrected chi connectivity index (χ2v) is 12.1. The van der Waals surface area contributed by atoms with E-state index in [0.29, 0.717) is 35.8 Å². The number of hydrogen-bond acceptors (Lipinski definition) is 4. The van der Waals surface area contributed by atoms with E-state index in [1.807, 2.05) is 6.92 Å². The first kappa shape index (κ1) is 22.1. The van der Waals surface area contributed by atoms with Gasteiger partial charge in [-0.2, -0.15) is 10.4 Å². The predicted octanol–water partition coefficient (Wildman–Crippen LogP) is 4.98. The molecule has 1 aromatic rings. The lowest BCUT2D eigenvalue weighted by molar-refractivity contribution is -0.133. The first-order chi connectivity index (χ1) is 15.3. The summed E-state index contributed by atoms with van der Waals surface area (Å²) < 4.78 is 1.66. The minimum atomic E-state index is -0.466. The Labute approximate surface area is 192 Å². The molecule has 4 aliphatic rings. The minimum absolute atomic E-state index is 0.0944. The number of nitrogens with zero attached hydrogens (tertiary/aromatic N) is 3. The molecule has 0 radical (unpaired) electrons. The average Bonchev–Trinajstić information content (AvgIpc) is 3.33. The highest BCUT2D eigenvalue weighted by atomic mass is 16.3. The number of hydrogen-bond donors (Lipinski definition) is 1. The molecule has 174 valence electrons. The Kier molecular flexibility index (Phi) is 5.52. The molecule has 4 aliphatic carbocycles. The fourth-order valence-electron chi connectivity index (χ4n) is 9.07. The highest BCUT2D eigenvalue weighted by Gasteiger charge is 2.61. The van der Waals surface area contributed by atoms with E-state index < -0.39 is 5.60 Å². The molecule has 0 bridgehead atoms. The zero-order chi connectivity index (χ0) is 22.7. The van der Waals surface area contributed by atoms with Gasteiger partial charge in [-0.3, -0.25) is 9.48 Å². The van der Waals surface area contributed by atoms with E-state index in [0.717, 1.165) is 49.9 Å². The molecule has 0 aromatic carbocycles. The van der Waals surface area contributed by atoms with Gasteiger partial charge in [0.2, 0.25) is 0 Å². The van der Waals surface area contributed by atoms with Gasteiger partial charge in [0, 0.05) is 12.1 Å². The molecule has 1 N–H and O–H groups in total. The quantitative estimate of drug-likeness (QED) is 0.720. The number of aromatic nitrogens is 2. The highest BCUT2D eigenvalue weighted by Crippen LogP contribution is 2.66. The number of nitriles is 1. The molecular weight excluding hydrogens is 398 g/mol. The van der Waals surface area contributed by atoms with Crippen molar-refractivity contribution < 1.29 is 9.90 Å². The third kappa shape index (κ3) is 3.54. The Morgan fingerprint density at radius 3 is 2.72 bits per heavy atom. The topological polar surface area (TPSA) is 78.9 Å². The number of ketones is 1. The van der Waals surface area contributed by atoms with Gasteiger partial charge < -0.3 is 5.11 Å². The number of carbonyl (C=O) groups excluding carboxylic acids is 1. The van der Waals surface area contributed by atoms with Gasteiger partial charge in [-0.15, -0.1) is 0 Å². The summed E-state index contributed by atoms with van der Waals surface area (Å²) in [5, 5.41) is 24.0. The van der Waals surface area contributed by atoms with Gasteiger partial charge in [0.1, 0.15) is 6.07 Å². The van der Waals surface area contributed by atoms with E-state index in [9.17, 15) is 9.90 Å². The van der Waals surface area contributed by atoms with Crippen molar-refractivity contribution in [3.8, 4) is 6.07 Å². The van der Waals surface area contributed by atoms with E-state index in [1.165, 1.54) is 25.7 Å². The van der Waals surface area contributed by atoms with E-state index >= 15 is 0 Å². The first-order valence-electron chi connectivity index (χ1n) is 12.9. The second-order valence-electron chi connectivity index (χ2n) is 12.1. The molecule has 4 saturated carbocycles. The van der Waals surface area contributed by atoms with Crippen molar-refractivity contribution >= 4 is 5.78 Å². The van der Waals surface area contributed by atoms with E-state index in [1.54, 1.807) is 16.9 Å². The molecule has 0 saturated heterocycles. The number of aliphatic hydroxyl groups is 1. The van der Waals surface area contributed by atoms with Crippen LogP contribution in [0.4, 0.5) is 0 Å². The van der Waals surface area contributed by atoms with Gasteiger partial charge in [0.25, 0.3) is 0 Å². The van der Waals surface area contributed by atoms with Crippen LogP contribution in [-0.4, -0.2) is 26.3 Å². The molecule has 32 heavy (non-hydrogen) atoms. The lowest BCUT2D eigenvalue weighted by atomic mass is 9.48. The molecule has 5 heteroatoms. The normalized spacial score (nSPS) is 45.4. The molecule has 0 unspecified atom stereocenters. The summed E-state index contributed by atoms with van der Waals surface area (Å²) in [6.45, 7) is 7.07. The number of carbonyl (C=O) groups is 1. The lowest BCUT2D eigenvalue weighted by Gasteiger charge is -2.57. The molecule has 0 spiro atoms. The number of Topliss-reactive ketones (excluding diaryl/α,β-unsaturated/α-hetero) is 1. The van der Waals surface area contributed by atoms with Crippen LogP contribution in [0, 0.1) is 58.2 Å². The molecule has 1 heterocycles. The van der Waals surface area contributed by atoms with Crippen molar-refractivity contribution in [3.05, 3.63) is 18.0 Å². The summed E-state index contributed by atoms with van der Waals surface area (Å²) in [5.74, 6) is 4.70. The van der Waals surface area contributed by atoms with Gasteiger partial charge in [-0.1, -0.05) is 20.3 Å². The summed E-state index contributed by atoms with van der Waals surface area (Å²) in [6, 6.07) is 3.75. The van der Waals surface area contributed by atoms with Crippen LogP contribution >= 0.6 is 0 Å².